The molecule has 11 heteroatoms. The number of hydrogen-bond donors (Lipinski definition) is 2. The van der Waals surface area contributed by atoms with E-state index in [2.05, 4.69) is 10.0 Å². The quantitative estimate of drug-likeness (QED) is 0.351. The molecule has 0 unspecified atom stereocenters. The van der Waals surface area contributed by atoms with E-state index in [-0.39, 0.29) is 35.3 Å². The predicted octanol–water partition coefficient (Wildman–Crippen LogP) is 0.539. The number of non-ortho nitro benzene ring substituents is 1. The van der Waals surface area contributed by atoms with Gasteiger partial charge in [-0.2, -0.15) is 0 Å². The van der Waals surface area contributed by atoms with Crippen molar-refractivity contribution in [2.45, 2.75) is 4.90 Å². The predicted molar refractivity (Wildman–Crippen MR) is 86.8 cm³/mol. The molecular weight excluding hydrogens is 350 g/mol. The van der Waals surface area contributed by atoms with Crippen molar-refractivity contribution in [1.29, 1.82) is 0 Å². The lowest BCUT2D eigenvalue weighted by molar-refractivity contribution is -0.385. The smallest absolute Gasteiger partial charge is 0.273 e. The van der Waals surface area contributed by atoms with Crippen molar-refractivity contribution in [2.24, 2.45) is 0 Å². The Balaban J connectivity index is 0.00000484. The lowest BCUT2D eigenvalue weighted by Gasteiger charge is -2.11. The molecule has 132 valence electrons. The second kappa shape index (κ2) is 10.3. The maximum Gasteiger partial charge on any atom is 0.273 e. The maximum absolute atomic E-state index is 12.2. The first-order valence-electron chi connectivity index (χ1n) is 6.44. The minimum atomic E-state index is -3.81. The first kappa shape index (κ1) is 21.5. The van der Waals surface area contributed by atoms with Crippen molar-refractivity contribution in [3.63, 3.8) is 0 Å². The monoisotopic (exact) mass is 369 g/mol. The van der Waals surface area contributed by atoms with E-state index >= 15 is 0 Å². The van der Waals surface area contributed by atoms with E-state index in [1.807, 2.05) is 0 Å². The normalized spacial score (nSPS) is 10.9. The number of nitro groups is 1. The van der Waals surface area contributed by atoms with Gasteiger partial charge in [-0.15, -0.1) is 12.4 Å². The van der Waals surface area contributed by atoms with Crippen LogP contribution >= 0.6 is 12.4 Å². The molecule has 1 aromatic carbocycles. The number of sulfonamides is 1. The summed E-state index contributed by atoms with van der Waals surface area (Å²) in [6, 6.07) is 3.34. The first-order chi connectivity index (χ1) is 10.4. The van der Waals surface area contributed by atoms with Crippen molar-refractivity contribution in [2.75, 3.05) is 40.5 Å². The number of rotatable bonds is 10. The van der Waals surface area contributed by atoms with Crippen LogP contribution in [0.2, 0.25) is 0 Å². The highest BCUT2D eigenvalue weighted by molar-refractivity contribution is 7.89. The van der Waals surface area contributed by atoms with Gasteiger partial charge in [0, 0.05) is 32.8 Å². The van der Waals surface area contributed by atoms with Crippen molar-refractivity contribution in [3.05, 3.63) is 28.3 Å². The fraction of sp³-hybridized carbons (Fsp3) is 0.500. The molecule has 0 spiro atoms. The van der Waals surface area contributed by atoms with Crippen LogP contribution < -0.4 is 14.8 Å². The highest BCUT2D eigenvalue weighted by atomic mass is 35.5. The van der Waals surface area contributed by atoms with Gasteiger partial charge in [-0.25, -0.2) is 13.1 Å². The summed E-state index contributed by atoms with van der Waals surface area (Å²) in [6.07, 6.45) is 0. The minimum Gasteiger partial charge on any atom is -0.495 e. The second-order valence-corrected chi connectivity index (χ2v) is 5.97. The molecule has 0 atom stereocenters. The summed E-state index contributed by atoms with van der Waals surface area (Å²) in [7, 11) is -0.978. The molecule has 2 N–H and O–H groups in total. The van der Waals surface area contributed by atoms with E-state index in [1.165, 1.54) is 7.11 Å². The molecule has 0 aliphatic rings. The lowest BCUT2D eigenvalue weighted by atomic mass is 10.3. The topological polar surface area (TPSA) is 120 Å². The molecule has 0 saturated heterocycles. The molecule has 0 radical (unpaired) electrons. The summed E-state index contributed by atoms with van der Waals surface area (Å²) in [5, 5.41) is 13.7. The summed E-state index contributed by atoms with van der Waals surface area (Å²) >= 11 is 0. The third-order valence-electron chi connectivity index (χ3n) is 2.72. The van der Waals surface area contributed by atoms with Crippen LogP contribution in [-0.2, 0) is 14.8 Å². The van der Waals surface area contributed by atoms with Crippen LogP contribution in [0, 0.1) is 10.1 Å². The van der Waals surface area contributed by atoms with Gasteiger partial charge in [0.1, 0.15) is 10.6 Å². The van der Waals surface area contributed by atoms with Crippen molar-refractivity contribution < 1.29 is 22.8 Å². The Hall–Kier alpha value is -1.46. The Kier molecular flexibility index (Phi) is 9.68. The molecule has 9 nitrogen and oxygen atoms in total. The van der Waals surface area contributed by atoms with Crippen molar-refractivity contribution in [1.82, 2.24) is 10.0 Å². The Bertz CT molecular complexity index is 611. The zero-order valence-corrected chi connectivity index (χ0v) is 14.4. The van der Waals surface area contributed by atoms with Crippen LogP contribution in [-0.4, -0.2) is 53.8 Å². The summed E-state index contributed by atoms with van der Waals surface area (Å²) < 4.78 is 36.5. The Morgan fingerprint density at radius 3 is 2.48 bits per heavy atom. The van der Waals surface area contributed by atoms with Crippen LogP contribution in [0.4, 0.5) is 5.69 Å². The highest BCUT2D eigenvalue weighted by Crippen LogP contribution is 2.27. The van der Waals surface area contributed by atoms with Crippen molar-refractivity contribution in [3.8, 4) is 5.75 Å². The van der Waals surface area contributed by atoms with Crippen LogP contribution in [0.1, 0.15) is 0 Å². The Morgan fingerprint density at radius 1 is 1.22 bits per heavy atom. The molecule has 23 heavy (non-hydrogen) atoms. The van der Waals surface area contributed by atoms with Crippen molar-refractivity contribution >= 4 is 28.1 Å². The number of methoxy groups -OCH3 is 2. The highest BCUT2D eigenvalue weighted by Gasteiger charge is 2.21. The molecule has 0 fully saturated rings. The number of nitrogens with zero attached hydrogens (tertiary/aromatic N) is 1. The van der Waals surface area contributed by atoms with Crippen LogP contribution in [0.5, 0.6) is 5.75 Å². The molecule has 0 aliphatic carbocycles. The molecule has 0 aliphatic heterocycles. The van der Waals surface area contributed by atoms with Gasteiger partial charge in [0.05, 0.1) is 24.7 Å². The lowest BCUT2D eigenvalue weighted by Crippen LogP contribution is -2.33. The fourth-order valence-electron chi connectivity index (χ4n) is 1.64. The number of nitrogens with one attached hydrogen (secondary N) is 2. The van der Waals surface area contributed by atoms with Crippen LogP contribution in [0.25, 0.3) is 0 Å². The van der Waals surface area contributed by atoms with Gasteiger partial charge in [0.15, 0.2) is 0 Å². The third-order valence-corrected chi connectivity index (χ3v) is 4.22. The van der Waals surface area contributed by atoms with E-state index in [0.29, 0.717) is 19.7 Å². The summed E-state index contributed by atoms with van der Waals surface area (Å²) in [5.41, 5.74) is -0.239. The molecule has 0 bridgehead atoms. The van der Waals surface area contributed by atoms with E-state index < -0.39 is 14.9 Å². The summed E-state index contributed by atoms with van der Waals surface area (Å²) in [5.74, 6) is -0.0750. The van der Waals surface area contributed by atoms with Gasteiger partial charge >= 0.3 is 0 Å². The van der Waals surface area contributed by atoms with E-state index in [4.69, 9.17) is 9.47 Å². The number of hydrogen-bond acceptors (Lipinski definition) is 7. The van der Waals surface area contributed by atoms with Gasteiger partial charge in [0.2, 0.25) is 10.0 Å². The average Bonchev–Trinajstić information content (AvgIpc) is 2.50. The van der Waals surface area contributed by atoms with Gasteiger partial charge in [-0.1, -0.05) is 0 Å². The SMILES string of the molecule is COCCNCCNS(=O)(=O)c1ccc([N+](=O)[O-])cc1OC.Cl. The molecule has 0 saturated carbocycles. The largest absolute Gasteiger partial charge is 0.495 e. The van der Waals surface area contributed by atoms with Gasteiger partial charge in [0.25, 0.3) is 5.69 Å². The molecule has 1 aromatic rings. The minimum absolute atomic E-state index is 0. The Morgan fingerprint density at radius 2 is 1.91 bits per heavy atom. The summed E-state index contributed by atoms with van der Waals surface area (Å²) in [4.78, 5) is 9.93. The number of benzene rings is 1. The molecule has 1 rings (SSSR count). The van der Waals surface area contributed by atoms with Crippen LogP contribution in [0.15, 0.2) is 23.1 Å². The standard InChI is InChI=1S/C12H19N3O6S.ClH/c1-20-8-7-13-5-6-14-22(18,19)12-4-3-10(15(16)17)9-11(12)21-2;/h3-4,9,13-14H,5-8H2,1-2H3;1H. The van der Waals surface area contributed by atoms with E-state index in [9.17, 15) is 18.5 Å². The Labute approximate surface area is 141 Å². The number of halogens is 1. The molecular formula is C12H20ClN3O6S. The van der Waals surface area contributed by atoms with Gasteiger partial charge in [-0.3, -0.25) is 10.1 Å². The second-order valence-electron chi connectivity index (χ2n) is 4.23. The zero-order chi connectivity index (χ0) is 16.6. The molecule has 0 heterocycles. The zero-order valence-electron chi connectivity index (χ0n) is 12.8. The summed E-state index contributed by atoms with van der Waals surface area (Å²) in [6.45, 7) is 1.74. The number of nitro benzene ring substituents is 1. The molecule has 0 amide bonds. The van der Waals surface area contributed by atoms with Gasteiger partial charge in [-0.05, 0) is 6.07 Å². The van der Waals surface area contributed by atoms with E-state index in [1.54, 1.807) is 7.11 Å². The third kappa shape index (κ3) is 6.67. The first-order valence-corrected chi connectivity index (χ1v) is 7.92. The molecule has 0 aromatic heterocycles. The number of ether oxygens (including phenoxy) is 2. The average molecular weight is 370 g/mol. The maximum atomic E-state index is 12.2. The van der Waals surface area contributed by atoms with Gasteiger partial charge < -0.3 is 14.8 Å². The van der Waals surface area contributed by atoms with Crippen LogP contribution in [0.3, 0.4) is 0 Å². The van der Waals surface area contributed by atoms with E-state index in [0.717, 1.165) is 18.2 Å². The fourth-order valence-corrected chi connectivity index (χ4v) is 2.82.